The van der Waals surface area contributed by atoms with Crippen LogP contribution in [0, 0.1) is 0 Å². The summed E-state index contributed by atoms with van der Waals surface area (Å²) in [4.78, 5) is 6.98. The van der Waals surface area contributed by atoms with Gasteiger partial charge in [-0.25, -0.2) is 12.7 Å². The number of aromatic nitrogens is 3. The van der Waals surface area contributed by atoms with Crippen LogP contribution in [0.3, 0.4) is 0 Å². The van der Waals surface area contributed by atoms with Crippen LogP contribution in [0.2, 0.25) is 0 Å². The van der Waals surface area contributed by atoms with E-state index in [0.717, 1.165) is 15.8 Å². The smallest absolute Gasteiger partial charge is 0.242 e. The Morgan fingerprint density at radius 1 is 1.04 bits per heavy atom. The van der Waals surface area contributed by atoms with Gasteiger partial charge >= 0.3 is 0 Å². The van der Waals surface area contributed by atoms with Gasteiger partial charge in [0.25, 0.3) is 0 Å². The van der Waals surface area contributed by atoms with Gasteiger partial charge in [-0.2, -0.15) is 0 Å². The van der Waals surface area contributed by atoms with Crippen LogP contribution in [0.1, 0.15) is 6.42 Å². The standard InChI is InChI=1S/C18H22N4O5S/c1-21(2)28(23,24)16-9-10-17-18(13-16)22(20-19-17)27-12-4-11-26-15-7-5-14(25-3)6-8-15/h5-10,13H,4,11-12H2,1-3H3. The molecule has 9 nitrogen and oxygen atoms in total. The molecule has 0 saturated heterocycles. The van der Waals surface area contributed by atoms with Crippen molar-refractivity contribution in [2.45, 2.75) is 11.3 Å². The van der Waals surface area contributed by atoms with E-state index >= 15 is 0 Å². The number of benzene rings is 2. The Morgan fingerprint density at radius 2 is 1.75 bits per heavy atom. The molecule has 1 heterocycles. The second kappa shape index (κ2) is 8.44. The number of fused-ring (bicyclic) bond motifs is 1. The fourth-order valence-corrected chi connectivity index (χ4v) is 3.34. The third-order valence-corrected chi connectivity index (χ3v) is 5.81. The molecule has 10 heteroatoms. The first-order valence-electron chi connectivity index (χ1n) is 8.60. The summed E-state index contributed by atoms with van der Waals surface area (Å²) in [6.45, 7) is 0.790. The van der Waals surface area contributed by atoms with Crippen LogP contribution >= 0.6 is 0 Å². The molecule has 0 aliphatic carbocycles. The molecule has 0 bridgehead atoms. The number of sulfonamides is 1. The molecule has 2 aromatic carbocycles. The molecule has 0 fully saturated rings. The van der Waals surface area contributed by atoms with Crippen molar-refractivity contribution in [3.05, 3.63) is 42.5 Å². The average molecular weight is 406 g/mol. The zero-order valence-corrected chi connectivity index (χ0v) is 16.7. The van der Waals surface area contributed by atoms with Gasteiger partial charge in [-0.3, -0.25) is 0 Å². The molecule has 0 atom stereocenters. The predicted octanol–water partition coefficient (Wildman–Crippen LogP) is 1.59. The summed E-state index contributed by atoms with van der Waals surface area (Å²) >= 11 is 0. The first-order chi connectivity index (χ1) is 13.4. The summed E-state index contributed by atoms with van der Waals surface area (Å²) in [5.74, 6) is 1.51. The zero-order chi connectivity index (χ0) is 20.1. The van der Waals surface area contributed by atoms with E-state index in [4.69, 9.17) is 14.3 Å². The molecule has 0 N–H and O–H groups in total. The maximum absolute atomic E-state index is 12.3. The Kier molecular flexibility index (Phi) is 6.00. The molecule has 1 aromatic heterocycles. The summed E-state index contributed by atoms with van der Waals surface area (Å²) in [5.41, 5.74) is 1.03. The van der Waals surface area contributed by atoms with E-state index < -0.39 is 10.0 Å². The molecule has 0 radical (unpaired) electrons. The summed E-state index contributed by atoms with van der Waals surface area (Å²) in [5, 5.41) is 7.91. The fourth-order valence-electron chi connectivity index (χ4n) is 2.42. The van der Waals surface area contributed by atoms with Gasteiger partial charge in [-0.1, -0.05) is 4.85 Å². The van der Waals surface area contributed by atoms with Crippen molar-refractivity contribution < 1.29 is 22.7 Å². The first kappa shape index (κ1) is 19.9. The van der Waals surface area contributed by atoms with Crippen LogP contribution in [0.4, 0.5) is 0 Å². The van der Waals surface area contributed by atoms with Crippen molar-refractivity contribution >= 4 is 21.1 Å². The number of hydrogen-bond donors (Lipinski definition) is 0. The van der Waals surface area contributed by atoms with Gasteiger partial charge in [0.15, 0.2) is 0 Å². The number of nitrogens with zero attached hydrogens (tertiary/aromatic N) is 4. The van der Waals surface area contributed by atoms with Gasteiger partial charge in [0.1, 0.15) is 29.1 Å². The molecule has 0 spiro atoms. The van der Waals surface area contributed by atoms with Gasteiger partial charge in [-0.15, -0.1) is 5.10 Å². The lowest BCUT2D eigenvalue weighted by atomic mass is 10.3. The lowest BCUT2D eigenvalue weighted by molar-refractivity contribution is 0.0779. The van der Waals surface area contributed by atoms with Crippen LogP contribution in [0.5, 0.6) is 11.5 Å². The molecule has 150 valence electrons. The topological polar surface area (TPSA) is 95.8 Å². The van der Waals surface area contributed by atoms with Crippen LogP contribution in [0.25, 0.3) is 11.0 Å². The summed E-state index contributed by atoms with van der Waals surface area (Å²) in [6, 6.07) is 11.9. The number of rotatable bonds is 9. The van der Waals surface area contributed by atoms with Crippen molar-refractivity contribution in [3.63, 3.8) is 0 Å². The van der Waals surface area contributed by atoms with Gasteiger partial charge in [0.2, 0.25) is 10.0 Å². The SMILES string of the molecule is COc1ccc(OCCCOn2nnc3ccc(S(=O)(=O)N(C)C)cc32)cc1. The average Bonchev–Trinajstić information content (AvgIpc) is 3.10. The van der Waals surface area contributed by atoms with E-state index in [0.29, 0.717) is 30.7 Å². The van der Waals surface area contributed by atoms with E-state index in [1.165, 1.54) is 31.1 Å². The first-order valence-corrected chi connectivity index (χ1v) is 10.0. The maximum Gasteiger partial charge on any atom is 0.242 e. The number of hydrogen-bond acceptors (Lipinski definition) is 7. The van der Waals surface area contributed by atoms with Gasteiger partial charge in [-0.05, 0) is 47.7 Å². The highest BCUT2D eigenvalue weighted by Crippen LogP contribution is 2.19. The molecule has 3 aromatic rings. The van der Waals surface area contributed by atoms with Gasteiger partial charge in [0.05, 0.1) is 18.6 Å². The minimum Gasteiger partial charge on any atom is -0.497 e. The second-order valence-electron chi connectivity index (χ2n) is 6.11. The Labute approximate surface area is 163 Å². The molecule has 28 heavy (non-hydrogen) atoms. The fraction of sp³-hybridized carbons (Fsp3) is 0.333. The molecule has 0 unspecified atom stereocenters. The van der Waals surface area contributed by atoms with Crippen LogP contribution in [-0.4, -0.2) is 62.3 Å². The Bertz CT molecular complexity index is 1030. The highest BCUT2D eigenvalue weighted by atomic mass is 32.2. The molecule has 0 saturated carbocycles. The molecule has 0 aliphatic rings. The number of ether oxygens (including phenoxy) is 2. The highest BCUT2D eigenvalue weighted by molar-refractivity contribution is 7.89. The van der Waals surface area contributed by atoms with Crippen LogP contribution in [0.15, 0.2) is 47.4 Å². The normalized spacial score (nSPS) is 11.7. The van der Waals surface area contributed by atoms with Crippen molar-refractivity contribution in [1.82, 2.24) is 19.5 Å². The zero-order valence-electron chi connectivity index (χ0n) is 15.9. The second-order valence-corrected chi connectivity index (χ2v) is 8.26. The Morgan fingerprint density at radius 3 is 2.43 bits per heavy atom. The van der Waals surface area contributed by atoms with Crippen molar-refractivity contribution in [2.24, 2.45) is 0 Å². The van der Waals surface area contributed by atoms with Crippen molar-refractivity contribution in [2.75, 3.05) is 34.4 Å². The quantitative estimate of drug-likeness (QED) is 0.498. The van der Waals surface area contributed by atoms with Gasteiger partial charge < -0.3 is 14.3 Å². The molecular weight excluding hydrogens is 384 g/mol. The minimum atomic E-state index is -3.55. The third kappa shape index (κ3) is 4.34. The minimum absolute atomic E-state index is 0.153. The monoisotopic (exact) mass is 406 g/mol. The summed E-state index contributed by atoms with van der Waals surface area (Å²) in [7, 11) is 1.02. The Hall–Kier alpha value is -2.85. The summed E-state index contributed by atoms with van der Waals surface area (Å²) < 4.78 is 36.5. The lowest BCUT2D eigenvalue weighted by Gasteiger charge is -2.11. The number of methoxy groups -OCH3 is 1. The van der Waals surface area contributed by atoms with E-state index in [-0.39, 0.29) is 4.90 Å². The van der Waals surface area contributed by atoms with E-state index in [1.807, 2.05) is 24.3 Å². The highest BCUT2D eigenvalue weighted by Gasteiger charge is 2.19. The van der Waals surface area contributed by atoms with Crippen molar-refractivity contribution in [1.29, 1.82) is 0 Å². The molecule has 0 amide bonds. The maximum atomic E-state index is 12.3. The van der Waals surface area contributed by atoms with Crippen molar-refractivity contribution in [3.8, 4) is 11.5 Å². The largest absolute Gasteiger partial charge is 0.497 e. The Balaban J connectivity index is 1.58. The van der Waals surface area contributed by atoms with E-state index in [9.17, 15) is 8.42 Å². The predicted molar refractivity (Wildman–Crippen MR) is 103 cm³/mol. The van der Waals surface area contributed by atoms with E-state index in [1.54, 1.807) is 13.2 Å². The molecule has 0 aliphatic heterocycles. The van der Waals surface area contributed by atoms with Crippen LogP contribution < -0.4 is 14.3 Å². The molecular formula is C18H22N4O5S. The lowest BCUT2D eigenvalue weighted by Crippen LogP contribution is -2.22. The summed E-state index contributed by atoms with van der Waals surface area (Å²) in [6.07, 6.45) is 0.614. The van der Waals surface area contributed by atoms with Crippen LogP contribution in [-0.2, 0) is 10.0 Å². The van der Waals surface area contributed by atoms with E-state index in [2.05, 4.69) is 10.3 Å². The van der Waals surface area contributed by atoms with Gasteiger partial charge in [0, 0.05) is 20.5 Å². The molecule has 3 rings (SSSR count). The third-order valence-electron chi connectivity index (χ3n) is 4.00.